The van der Waals surface area contributed by atoms with E-state index in [0.29, 0.717) is 0 Å². The maximum atomic E-state index is 2.71. The van der Waals surface area contributed by atoms with Crippen LogP contribution in [-0.2, 0) is 0 Å². The van der Waals surface area contributed by atoms with Gasteiger partial charge in [-0.05, 0) is 38.1 Å². The summed E-state index contributed by atoms with van der Waals surface area (Å²) in [5, 5.41) is 0. The zero-order valence-corrected chi connectivity index (χ0v) is 7.55. The molecule has 2 saturated heterocycles. The standard InChI is InChI=1S/C10H19N/c1-2-4-9-7-10-5-3-6-11(10)8-9/h9-10H,2-8H2,1H3. The Balaban J connectivity index is 1.84. The lowest BCUT2D eigenvalue weighted by Gasteiger charge is -2.12. The van der Waals surface area contributed by atoms with E-state index < -0.39 is 0 Å². The van der Waals surface area contributed by atoms with E-state index >= 15 is 0 Å². The van der Waals surface area contributed by atoms with E-state index in [1.54, 1.807) is 0 Å². The molecule has 0 saturated carbocycles. The first-order valence-corrected chi connectivity index (χ1v) is 5.14. The first-order chi connectivity index (χ1) is 5.40. The zero-order valence-electron chi connectivity index (χ0n) is 7.55. The molecule has 2 aliphatic rings. The molecule has 2 rings (SSSR count). The Bertz CT molecular complexity index is 121. The molecule has 2 fully saturated rings. The average Bonchev–Trinajstić information content (AvgIpc) is 2.46. The summed E-state index contributed by atoms with van der Waals surface area (Å²) in [5.41, 5.74) is 0. The Morgan fingerprint density at radius 1 is 1.45 bits per heavy atom. The van der Waals surface area contributed by atoms with Crippen LogP contribution in [0.5, 0.6) is 0 Å². The highest BCUT2D eigenvalue weighted by Crippen LogP contribution is 2.33. The van der Waals surface area contributed by atoms with Crippen LogP contribution >= 0.6 is 0 Å². The molecule has 0 amide bonds. The van der Waals surface area contributed by atoms with E-state index in [1.807, 2.05) is 0 Å². The molecule has 0 radical (unpaired) electrons. The summed E-state index contributed by atoms with van der Waals surface area (Å²) < 4.78 is 0. The third-order valence-electron chi connectivity index (χ3n) is 3.29. The van der Waals surface area contributed by atoms with Crippen molar-refractivity contribution in [3.05, 3.63) is 0 Å². The normalized spacial score (nSPS) is 37.9. The van der Waals surface area contributed by atoms with E-state index in [1.165, 1.54) is 45.2 Å². The predicted molar refractivity (Wildman–Crippen MR) is 47.6 cm³/mol. The van der Waals surface area contributed by atoms with Crippen molar-refractivity contribution in [1.82, 2.24) is 4.90 Å². The molecule has 2 unspecified atom stereocenters. The Kier molecular flexibility index (Phi) is 2.17. The number of hydrogen-bond donors (Lipinski definition) is 0. The molecule has 0 aliphatic carbocycles. The minimum Gasteiger partial charge on any atom is -0.300 e. The summed E-state index contributed by atoms with van der Waals surface area (Å²) in [6.07, 6.45) is 7.30. The van der Waals surface area contributed by atoms with Crippen molar-refractivity contribution < 1.29 is 0 Å². The molecule has 0 spiro atoms. The minimum atomic E-state index is 0.992. The van der Waals surface area contributed by atoms with Crippen molar-refractivity contribution in [3.63, 3.8) is 0 Å². The molecule has 64 valence electrons. The smallest absolute Gasteiger partial charge is 0.00989 e. The van der Waals surface area contributed by atoms with Crippen LogP contribution in [0.1, 0.15) is 39.0 Å². The fourth-order valence-corrected chi connectivity index (χ4v) is 2.81. The van der Waals surface area contributed by atoms with Crippen LogP contribution in [-0.4, -0.2) is 24.0 Å². The van der Waals surface area contributed by atoms with Gasteiger partial charge >= 0.3 is 0 Å². The summed E-state index contributed by atoms with van der Waals surface area (Å²) in [6.45, 7) is 5.12. The average molecular weight is 153 g/mol. The summed E-state index contributed by atoms with van der Waals surface area (Å²) >= 11 is 0. The maximum Gasteiger partial charge on any atom is 0.00989 e. The van der Waals surface area contributed by atoms with Gasteiger partial charge in [0.15, 0.2) is 0 Å². The van der Waals surface area contributed by atoms with Gasteiger partial charge in [0, 0.05) is 12.6 Å². The molecule has 1 heteroatoms. The molecule has 0 aromatic heterocycles. The van der Waals surface area contributed by atoms with Gasteiger partial charge in [-0.1, -0.05) is 13.3 Å². The van der Waals surface area contributed by atoms with Gasteiger partial charge in [0.2, 0.25) is 0 Å². The fraction of sp³-hybridized carbons (Fsp3) is 1.00. The summed E-state index contributed by atoms with van der Waals surface area (Å²) in [5.74, 6) is 1.05. The molecule has 1 nitrogen and oxygen atoms in total. The molecule has 2 heterocycles. The lowest BCUT2D eigenvalue weighted by atomic mass is 9.99. The highest BCUT2D eigenvalue weighted by atomic mass is 15.2. The van der Waals surface area contributed by atoms with Gasteiger partial charge in [-0.15, -0.1) is 0 Å². The Labute approximate surface area is 69.8 Å². The molecule has 2 atom stereocenters. The van der Waals surface area contributed by atoms with Crippen LogP contribution in [0.2, 0.25) is 0 Å². The quantitative estimate of drug-likeness (QED) is 0.588. The van der Waals surface area contributed by atoms with Gasteiger partial charge in [0.1, 0.15) is 0 Å². The van der Waals surface area contributed by atoms with Gasteiger partial charge in [-0.25, -0.2) is 0 Å². The van der Waals surface area contributed by atoms with Crippen LogP contribution in [0.25, 0.3) is 0 Å². The lowest BCUT2D eigenvalue weighted by molar-refractivity contribution is 0.315. The van der Waals surface area contributed by atoms with Crippen molar-refractivity contribution in [2.75, 3.05) is 13.1 Å². The highest BCUT2D eigenvalue weighted by molar-refractivity contribution is 4.89. The molecule has 11 heavy (non-hydrogen) atoms. The van der Waals surface area contributed by atoms with E-state index in [2.05, 4.69) is 11.8 Å². The Hall–Kier alpha value is -0.0400. The van der Waals surface area contributed by atoms with Gasteiger partial charge < -0.3 is 4.90 Å². The number of rotatable bonds is 2. The van der Waals surface area contributed by atoms with E-state index in [0.717, 1.165) is 12.0 Å². The Morgan fingerprint density at radius 2 is 2.36 bits per heavy atom. The van der Waals surface area contributed by atoms with Crippen molar-refractivity contribution in [1.29, 1.82) is 0 Å². The first kappa shape index (κ1) is 7.60. The summed E-state index contributed by atoms with van der Waals surface area (Å²) in [7, 11) is 0. The van der Waals surface area contributed by atoms with Crippen molar-refractivity contribution in [3.8, 4) is 0 Å². The molecule has 0 bridgehead atoms. The monoisotopic (exact) mass is 153 g/mol. The van der Waals surface area contributed by atoms with Crippen LogP contribution in [0, 0.1) is 5.92 Å². The summed E-state index contributed by atoms with van der Waals surface area (Å²) in [6, 6.07) is 0.992. The van der Waals surface area contributed by atoms with Gasteiger partial charge in [0.05, 0.1) is 0 Å². The van der Waals surface area contributed by atoms with Crippen LogP contribution in [0.4, 0.5) is 0 Å². The third kappa shape index (κ3) is 1.44. The van der Waals surface area contributed by atoms with Crippen LogP contribution in [0.15, 0.2) is 0 Å². The minimum absolute atomic E-state index is 0.992. The maximum absolute atomic E-state index is 2.71. The largest absolute Gasteiger partial charge is 0.300 e. The second-order valence-corrected chi connectivity index (χ2v) is 4.18. The summed E-state index contributed by atoms with van der Waals surface area (Å²) in [4.78, 5) is 2.71. The van der Waals surface area contributed by atoms with Crippen molar-refractivity contribution >= 4 is 0 Å². The molecular formula is C10H19N. The highest BCUT2D eigenvalue weighted by Gasteiger charge is 2.34. The molecule has 0 aromatic carbocycles. The first-order valence-electron chi connectivity index (χ1n) is 5.14. The van der Waals surface area contributed by atoms with E-state index in [-0.39, 0.29) is 0 Å². The van der Waals surface area contributed by atoms with E-state index in [9.17, 15) is 0 Å². The van der Waals surface area contributed by atoms with Gasteiger partial charge in [-0.2, -0.15) is 0 Å². The lowest BCUT2D eigenvalue weighted by Crippen LogP contribution is -2.22. The molecular weight excluding hydrogens is 134 g/mol. The second-order valence-electron chi connectivity index (χ2n) is 4.18. The zero-order chi connectivity index (χ0) is 7.68. The molecule has 0 aromatic rings. The van der Waals surface area contributed by atoms with Crippen molar-refractivity contribution in [2.45, 2.75) is 45.1 Å². The van der Waals surface area contributed by atoms with Crippen molar-refractivity contribution in [2.24, 2.45) is 5.92 Å². The number of fused-ring (bicyclic) bond motifs is 1. The SMILES string of the molecule is CCCC1CC2CCCN2C1. The van der Waals surface area contributed by atoms with E-state index in [4.69, 9.17) is 0 Å². The van der Waals surface area contributed by atoms with Gasteiger partial charge in [0.25, 0.3) is 0 Å². The number of nitrogens with zero attached hydrogens (tertiary/aromatic N) is 1. The van der Waals surface area contributed by atoms with Gasteiger partial charge in [-0.3, -0.25) is 0 Å². The second kappa shape index (κ2) is 3.14. The molecule has 2 aliphatic heterocycles. The fourth-order valence-electron chi connectivity index (χ4n) is 2.81. The van der Waals surface area contributed by atoms with Crippen LogP contribution in [0.3, 0.4) is 0 Å². The molecule has 0 N–H and O–H groups in total. The topological polar surface area (TPSA) is 3.24 Å². The Morgan fingerprint density at radius 3 is 3.09 bits per heavy atom. The van der Waals surface area contributed by atoms with Crippen LogP contribution < -0.4 is 0 Å². The number of hydrogen-bond acceptors (Lipinski definition) is 1. The third-order valence-corrected chi connectivity index (χ3v) is 3.29. The predicted octanol–water partition coefficient (Wildman–Crippen LogP) is 2.27.